The van der Waals surface area contributed by atoms with Gasteiger partial charge in [-0.3, -0.25) is 4.79 Å². The SMILES string of the molecule is O=C(c1ccccc1)N1CCC[C@H]1c1cn2cccc(-c3ccccc3F)c2n1. The quantitative estimate of drug-likeness (QED) is 0.491. The number of fused-ring (bicyclic) bond motifs is 1. The highest BCUT2D eigenvalue weighted by Gasteiger charge is 2.32. The summed E-state index contributed by atoms with van der Waals surface area (Å²) >= 11 is 0. The molecule has 2 aromatic heterocycles. The maximum absolute atomic E-state index is 14.4. The fourth-order valence-corrected chi connectivity index (χ4v) is 4.15. The van der Waals surface area contributed by atoms with Gasteiger partial charge in [-0.05, 0) is 43.2 Å². The van der Waals surface area contributed by atoms with Gasteiger partial charge in [0.1, 0.15) is 11.5 Å². The maximum atomic E-state index is 14.4. The topological polar surface area (TPSA) is 37.6 Å². The smallest absolute Gasteiger partial charge is 0.254 e. The van der Waals surface area contributed by atoms with E-state index in [0.717, 1.165) is 24.1 Å². The second-order valence-electron chi connectivity index (χ2n) is 7.32. The molecule has 0 N–H and O–H groups in total. The summed E-state index contributed by atoms with van der Waals surface area (Å²) in [6.45, 7) is 0.715. The molecule has 0 bridgehead atoms. The first-order valence-electron chi connectivity index (χ1n) is 9.81. The van der Waals surface area contributed by atoms with Crippen LogP contribution in [-0.2, 0) is 0 Å². The first-order chi connectivity index (χ1) is 14.2. The van der Waals surface area contributed by atoms with Crippen LogP contribution in [0.2, 0.25) is 0 Å². The Balaban J connectivity index is 1.55. The Morgan fingerprint density at radius 3 is 2.55 bits per heavy atom. The van der Waals surface area contributed by atoms with E-state index in [4.69, 9.17) is 4.98 Å². The highest BCUT2D eigenvalue weighted by atomic mass is 19.1. The molecule has 1 saturated heterocycles. The minimum absolute atomic E-state index is 0.0273. The molecule has 0 saturated carbocycles. The number of hydrogen-bond donors (Lipinski definition) is 0. The molecule has 1 fully saturated rings. The van der Waals surface area contributed by atoms with Crippen LogP contribution in [0, 0.1) is 5.82 Å². The van der Waals surface area contributed by atoms with E-state index in [2.05, 4.69) is 0 Å². The number of rotatable bonds is 3. The van der Waals surface area contributed by atoms with E-state index in [0.29, 0.717) is 23.3 Å². The van der Waals surface area contributed by atoms with E-state index < -0.39 is 0 Å². The second kappa shape index (κ2) is 7.17. The van der Waals surface area contributed by atoms with Crippen molar-refractivity contribution >= 4 is 11.6 Å². The van der Waals surface area contributed by atoms with Crippen LogP contribution in [0.15, 0.2) is 79.1 Å². The Bertz CT molecular complexity index is 1190. The van der Waals surface area contributed by atoms with Crippen LogP contribution in [0.5, 0.6) is 0 Å². The lowest BCUT2D eigenvalue weighted by Gasteiger charge is -2.23. The Labute approximate surface area is 168 Å². The molecule has 4 nitrogen and oxygen atoms in total. The third-order valence-corrected chi connectivity index (χ3v) is 5.54. The van der Waals surface area contributed by atoms with Crippen molar-refractivity contribution in [1.82, 2.24) is 14.3 Å². The second-order valence-corrected chi connectivity index (χ2v) is 7.32. The fourth-order valence-electron chi connectivity index (χ4n) is 4.15. The van der Waals surface area contributed by atoms with Crippen molar-refractivity contribution in [2.24, 2.45) is 0 Å². The number of pyridine rings is 1. The lowest BCUT2D eigenvalue weighted by Crippen LogP contribution is -2.30. The van der Waals surface area contributed by atoms with Crippen LogP contribution in [0.3, 0.4) is 0 Å². The van der Waals surface area contributed by atoms with Gasteiger partial charge in [-0.15, -0.1) is 0 Å². The number of carbonyl (C=O) groups is 1. The third kappa shape index (κ3) is 3.09. The molecular formula is C24H20FN3O. The zero-order valence-electron chi connectivity index (χ0n) is 15.8. The number of nitrogens with zero attached hydrogens (tertiary/aromatic N) is 3. The minimum atomic E-state index is -0.271. The van der Waals surface area contributed by atoms with Crippen LogP contribution >= 0.6 is 0 Å². The molecule has 0 unspecified atom stereocenters. The first-order valence-corrected chi connectivity index (χ1v) is 9.81. The Hall–Kier alpha value is -3.47. The molecule has 3 heterocycles. The maximum Gasteiger partial charge on any atom is 0.254 e. The fraction of sp³-hybridized carbons (Fsp3) is 0.167. The summed E-state index contributed by atoms with van der Waals surface area (Å²) in [5.41, 5.74) is 3.51. The molecule has 1 amide bonds. The first kappa shape index (κ1) is 17.6. The lowest BCUT2D eigenvalue weighted by molar-refractivity contribution is 0.0733. The number of benzene rings is 2. The number of aromatic nitrogens is 2. The van der Waals surface area contributed by atoms with E-state index in [-0.39, 0.29) is 17.8 Å². The average Bonchev–Trinajstić information content (AvgIpc) is 3.41. The van der Waals surface area contributed by atoms with Crippen LogP contribution in [0.4, 0.5) is 4.39 Å². The number of likely N-dealkylation sites (tertiary alicyclic amines) is 1. The van der Waals surface area contributed by atoms with E-state index in [9.17, 15) is 9.18 Å². The molecule has 0 radical (unpaired) electrons. The molecule has 4 aromatic rings. The molecule has 0 spiro atoms. The lowest BCUT2D eigenvalue weighted by atomic mass is 10.1. The van der Waals surface area contributed by atoms with Crippen molar-refractivity contribution in [3.8, 4) is 11.1 Å². The summed E-state index contributed by atoms with van der Waals surface area (Å²) < 4.78 is 16.3. The Morgan fingerprint density at radius 2 is 1.72 bits per heavy atom. The summed E-state index contributed by atoms with van der Waals surface area (Å²) in [5.74, 6) is -0.244. The van der Waals surface area contributed by atoms with Gasteiger partial charge in [0.25, 0.3) is 5.91 Å². The number of amides is 1. The highest BCUT2D eigenvalue weighted by molar-refractivity contribution is 5.94. The van der Waals surface area contributed by atoms with Crippen molar-refractivity contribution in [3.63, 3.8) is 0 Å². The number of halogens is 1. The summed E-state index contributed by atoms with van der Waals surface area (Å²) in [6.07, 6.45) is 5.68. The summed E-state index contributed by atoms with van der Waals surface area (Å²) in [4.78, 5) is 19.8. The largest absolute Gasteiger partial charge is 0.330 e. The van der Waals surface area contributed by atoms with E-state index in [1.54, 1.807) is 12.1 Å². The number of hydrogen-bond acceptors (Lipinski definition) is 2. The molecule has 29 heavy (non-hydrogen) atoms. The van der Waals surface area contributed by atoms with Gasteiger partial charge >= 0.3 is 0 Å². The van der Waals surface area contributed by atoms with Gasteiger partial charge in [-0.25, -0.2) is 9.37 Å². The molecule has 1 aliphatic rings. The summed E-state index contributed by atoms with van der Waals surface area (Å²) in [6, 6.07) is 19.8. The average molecular weight is 385 g/mol. The van der Waals surface area contributed by atoms with Crippen molar-refractivity contribution in [2.45, 2.75) is 18.9 Å². The zero-order chi connectivity index (χ0) is 19.8. The third-order valence-electron chi connectivity index (χ3n) is 5.54. The van der Waals surface area contributed by atoms with Crippen molar-refractivity contribution in [1.29, 1.82) is 0 Å². The van der Waals surface area contributed by atoms with Gasteiger partial charge in [0.15, 0.2) is 0 Å². The normalized spacial score (nSPS) is 16.4. The minimum Gasteiger partial charge on any atom is -0.330 e. The molecule has 5 rings (SSSR count). The zero-order valence-corrected chi connectivity index (χ0v) is 15.8. The van der Waals surface area contributed by atoms with E-state index >= 15 is 0 Å². The van der Waals surface area contributed by atoms with Gasteiger partial charge in [-0.1, -0.05) is 36.4 Å². The highest BCUT2D eigenvalue weighted by Crippen LogP contribution is 2.34. The van der Waals surface area contributed by atoms with Gasteiger partial charge in [0, 0.05) is 35.6 Å². The van der Waals surface area contributed by atoms with Gasteiger partial charge in [0.2, 0.25) is 0 Å². The standard InChI is InChI=1S/C24H20FN3O/c25-20-12-5-4-10-18(20)19-11-6-14-27-16-21(26-23(19)27)22-13-7-15-28(22)24(29)17-8-2-1-3-9-17/h1-6,8-12,14,16,22H,7,13,15H2/t22-/m0/s1. The van der Waals surface area contributed by atoms with E-state index in [1.807, 2.05) is 70.2 Å². The van der Waals surface area contributed by atoms with Crippen LogP contribution in [0.1, 0.15) is 34.9 Å². The van der Waals surface area contributed by atoms with Crippen molar-refractivity contribution in [3.05, 3.63) is 96.2 Å². The van der Waals surface area contributed by atoms with Crippen LogP contribution in [0.25, 0.3) is 16.8 Å². The monoisotopic (exact) mass is 385 g/mol. The molecule has 2 aromatic carbocycles. The van der Waals surface area contributed by atoms with Gasteiger partial charge < -0.3 is 9.30 Å². The molecule has 1 aliphatic heterocycles. The summed E-state index contributed by atoms with van der Waals surface area (Å²) in [7, 11) is 0. The van der Waals surface area contributed by atoms with Gasteiger partial charge in [0.05, 0.1) is 11.7 Å². The van der Waals surface area contributed by atoms with Crippen LogP contribution in [-0.4, -0.2) is 26.7 Å². The molecule has 5 heteroatoms. The molecule has 1 atom stereocenters. The van der Waals surface area contributed by atoms with Gasteiger partial charge in [-0.2, -0.15) is 0 Å². The predicted molar refractivity (Wildman–Crippen MR) is 110 cm³/mol. The Kier molecular flexibility index (Phi) is 4.35. The number of carbonyl (C=O) groups excluding carboxylic acids is 1. The van der Waals surface area contributed by atoms with Crippen molar-refractivity contribution < 1.29 is 9.18 Å². The van der Waals surface area contributed by atoms with E-state index in [1.165, 1.54) is 6.07 Å². The molecule has 0 aliphatic carbocycles. The Morgan fingerprint density at radius 1 is 0.966 bits per heavy atom. The molecular weight excluding hydrogens is 365 g/mol. The van der Waals surface area contributed by atoms with Crippen molar-refractivity contribution in [2.75, 3.05) is 6.54 Å². The molecule has 144 valence electrons. The summed E-state index contributed by atoms with van der Waals surface area (Å²) in [5, 5.41) is 0. The number of imidazole rings is 1. The predicted octanol–water partition coefficient (Wildman–Crippen LogP) is 5.12. The van der Waals surface area contributed by atoms with Crippen LogP contribution < -0.4 is 0 Å².